The summed E-state index contributed by atoms with van der Waals surface area (Å²) in [7, 11) is 0. The number of nitrogens with zero attached hydrogens (tertiary/aromatic N) is 2. The molecule has 138 valence electrons. The van der Waals surface area contributed by atoms with Gasteiger partial charge in [0.1, 0.15) is 5.75 Å². The molecule has 1 aromatic heterocycles. The molecule has 0 saturated carbocycles. The number of carbonyl (C=O) groups excluding carboxylic acids is 1. The van der Waals surface area contributed by atoms with E-state index in [2.05, 4.69) is 5.10 Å². The van der Waals surface area contributed by atoms with E-state index in [1.54, 1.807) is 48.5 Å². The molecular formula is C23H18N2O3. The van der Waals surface area contributed by atoms with E-state index in [-0.39, 0.29) is 11.3 Å². The van der Waals surface area contributed by atoms with Crippen LogP contribution >= 0.6 is 0 Å². The first-order chi connectivity index (χ1) is 13.5. The first kappa shape index (κ1) is 17.7. The van der Waals surface area contributed by atoms with E-state index in [4.69, 9.17) is 4.74 Å². The molecule has 0 spiro atoms. The molecule has 0 aliphatic heterocycles. The molecule has 0 aliphatic rings. The highest BCUT2D eigenvalue weighted by Gasteiger charge is 2.19. The van der Waals surface area contributed by atoms with Gasteiger partial charge in [0.25, 0.3) is 5.56 Å². The molecule has 1 heterocycles. The third-order valence-electron chi connectivity index (χ3n) is 4.40. The minimum Gasteiger partial charge on any atom is -0.422 e. The molecule has 0 aliphatic carbocycles. The summed E-state index contributed by atoms with van der Waals surface area (Å²) >= 11 is 0. The molecule has 0 amide bonds. The Kier molecular flexibility index (Phi) is 4.49. The second-order valence-electron chi connectivity index (χ2n) is 6.66. The van der Waals surface area contributed by atoms with Crippen molar-refractivity contribution in [2.75, 3.05) is 0 Å². The second-order valence-corrected chi connectivity index (χ2v) is 6.66. The van der Waals surface area contributed by atoms with E-state index in [1.165, 1.54) is 4.68 Å². The van der Waals surface area contributed by atoms with Crippen LogP contribution in [0.15, 0.2) is 77.6 Å². The molecule has 0 saturated heterocycles. The first-order valence-corrected chi connectivity index (χ1v) is 8.91. The quantitative estimate of drug-likeness (QED) is 0.400. The average molecular weight is 370 g/mol. The number of hydrogen-bond donors (Lipinski definition) is 0. The van der Waals surface area contributed by atoms with Crippen LogP contribution in [0.1, 0.15) is 21.6 Å². The number of fused-ring (bicyclic) bond motifs is 1. The fraction of sp³-hybridized carbons (Fsp3) is 0.0870. The van der Waals surface area contributed by atoms with E-state index in [0.29, 0.717) is 22.2 Å². The van der Waals surface area contributed by atoms with Crippen molar-refractivity contribution in [2.24, 2.45) is 0 Å². The molecule has 5 nitrogen and oxygen atoms in total. The minimum absolute atomic E-state index is 0.0956. The van der Waals surface area contributed by atoms with Gasteiger partial charge in [0.2, 0.25) is 0 Å². The van der Waals surface area contributed by atoms with Crippen molar-refractivity contribution in [3.63, 3.8) is 0 Å². The van der Waals surface area contributed by atoms with Crippen LogP contribution in [0, 0.1) is 13.8 Å². The number of aromatic nitrogens is 2. The van der Waals surface area contributed by atoms with Crippen LogP contribution < -0.4 is 10.3 Å². The van der Waals surface area contributed by atoms with Crippen LogP contribution in [0.25, 0.3) is 16.5 Å². The molecule has 4 rings (SSSR count). The zero-order valence-electron chi connectivity index (χ0n) is 15.5. The molecule has 0 unspecified atom stereocenters. The van der Waals surface area contributed by atoms with Gasteiger partial charge in [-0.1, -0.05) is 42.5 Å². The number of esters is 1. The lowest BCUT2D eigenvalue weighted by molar-refractivity contribution is 0.0729. The van der Waals surface area contributed by atoms with Gasteiger partial charge < -0.3 is 4.74 Å². The van der Waals surface area contributed by atoms with Gasteiger partial charge >= 0.3 is 5.97 Å². The predicted molar refractivity (Wildman–Crippen MR) is 108 cm³/mol. The van der Waals surface area contributed by atoms with Crippen LogP contribution in [-0.4, -0.2) is 15.7 Å². The standard InChI is InChI=1S/C23H18N2O3/c1-15-12-16(2)14-18(13-15)28-23(27)21-19-10-6-7-11-20(19)22(26)25(24-21)17-8-4-3-5-9-17/h3-14H,1-2H3. The summed E-state index contributed by atoms with van der Waals surface area (Å²) in [4.78, 5) is 25.8. The number of ether oxygens (including phenoxy) is 1. The third-order valence-corrected chi connectivity index (χ3v) is 4.40. The van der Waals surface area contributed by atoms with E-state index >= 15 is 0 Å². The molecule has 4 aromatic rings. The van der Waals surface area contributed by atoms with E-state index in [1.807, 2.05) is 38.1 Å². The summed E-state index contributed by atoms with van der Waals surface area (Å²) in [6.07, 6.45) is 0. The van der Waals surface area contributed by atoms with Crippen LogP contribution in [0.3, 0.4) is 0 Å². The molecule has 5 heteroatoms. The Balaban J connectivity index is 1.87. The predicted octanol–water partition coefficient (Wildman–Crippen LogP) is 4.22. The number of carbonyl (C=O) groups is 1. The molecule has 0 bridgehead atoms. The van der Waals surface area contributed by atoms with Gasteiger partial charge in [-0.25, -0.2) is 4.79 Å². The summed E-state index contributed by atoms with van der Waals surface area (Å²) in [6, 6.07) is 21.5. The largest absolute Gasteiger partial charge is 0.422 e. The molecule has 0 fully saturated rings. The number of aryl methyl sites for hydroxylation is 2. The normalized spacial score (nSPS) is 10.8. The highest BCUT2D eigenvalue weighted by molar-refractivity contribution is 6.03. The van der Waals surface area contributed by atoms with Gasteiger partial charge in [-0.15, -0.1) is 0 Å². The summed E-state index contributed by atoms with van der Waals surface area (Å²) < 4.78 is 6.82. The number of hydrogen-bond acceptors (Lipinski definition) is 4. The zero-order chi connectivity index (χ0) is 19.7. The maximum Gasteiger partial charge on any atom is 0.364 e. The zero-order valence-corrected chi connectivity index (χ0v) is 15.5. The Labute approximate surface area is 161 Å². The van der Waals surface area contributed by atoms with Crippen molar-refractivity contribution < 1.29 is 9.53 Å². The Hall–Kier alpha value is -3.73. The van der Waals surface area contributed by atoms with Crippen LogP contribution in [-0.2, 0) is 0 Å². The van der Waals surface area contributed by atoms with Gasteiger partial charge in [0.05, 0.1) is 11.1 Å². The maximum absolute atomic E-state index is 12.9. The average Bonchev–Trinajstić information content (AvgIpc) is 2.68. The summed E-state index contributed by atoms with van der Waals surface area (Å²) in [5, 5.41) is 5.22. The fourth-order valence-corrected chi connectivity index (χ4v) is 3.23. The topological polar surface area (TPSA) is 61.2 Å². The number of benzene rings is 3. The molecular weight excluding hydrogens is 352 g/mol. The first-order valence-electron chi connectivity index (χ1n) is 8.91. The van der Waals surface area contributed by atoms with Crippen molar-refractivity contribution >= 4 is 16.7 Å². The Bertz CT molecular complexity index is 1220. The maximum atomic E-state index is 12.9. The van der Waals surface area contributed by atoms with Gasteiger partial charge in [0, 0.05) is 5.39 Å². The molecule has 28 heavy (non-hydrogen) atoms. The lowest BCUT2D eigenvalue weighted by Gasteiger charge is -2.11. The van der Waals surface area contributed by atoms with Gasteiger partial charge in [-0.3, -0.25) is 4.79 Å². The van der Waals surface area contributed by atoms with E-state index in [0.717, 1.165) is 11.1 Å². The lowest BCUT2D eigenvalue weighted by Crippen LogP contribution is -2.25. The summed E-state index contributed by atoms with van der Waals surface area (Å²) in [6.45, 7) is 3.88. The smallest absolute Gasteiger partial charge is 0.364 e. The molecule has 0 atom stereocenters. The van der Waals surface area contributed by atoms with Crippen molar-refractivity contribution in [2.45, 2.75) is 13.8 Å². The summed E-state index contributed by atoms with van der Waals surface area (Å²) in [5.41, 5.74) is 2.38. The summed E-state index contributed by atoms with van der Waals surface area (Å²) in [5.74, 6) is -0.156. The van der Waals surface area contributed by atoms with Crippen molar-refractivity contribution in [3.8, 4) is 11.4 Å². The molecule has 0 radical (unpaired) electrons. The SMILES string of the molecule is Cc1cc(C)cc(OC(=O)c2nn(-c3ccccc3)c(=O)c3ccccc23)c1. The number of para-hydroxylation sites is 1. The van der Waals surface area contributed by atoms with E-state index in [9.17, 15) is 9.59 Å². The molecule has 0 N–H and O–H groups in total. The Morgan fingerprint density at radius 3 is 2.14 bits per heavy atom. The fourth-order valence-electron chi connectivity index (χ4n) is 3.23. The Morgan fingerprint density at radius 1 is 0.857 bits per heavy atom. The highest BCUT2D eigenvalue weighted by atomic mass is 16.5. The van der Waals surface area contributed by atoms with Gasteiger partial charge in [0.15, 0.2) is 5.69 Å². The van der Waals surface area contributed by atoms with Gasteiger partial charge in [-0.05, 0) is 55.3 Å². The number of rotatable bonds is 3. The second kappa shape index (κ2) is 7.12. The highest BCUT2D eigenvalue weighted by Crippen LogP contribution is 2.20. The van der Waals surface area contributed by atoms with Crippen molar-refractivity contribution in [1.82, 2.24) is 9.78 Å². The van der Waals surface area contributed by atoms with Gasteiger partial charge in [-0.2, -0.15) is 9.78 Å². The minimum atomic E-state index is -0.606. The molecule has 3 aromatic carbocycles. The van der Waals surface area contributed by atoms with Crippen LogP contribution in [0.4, 0.5) is 0 Å². The van der Waals surface area contributed by atoms with Crippen molar-refractivity contribution in [1.29, 1.82) is 0 Å². The van der Waals surface area contributed by atoms with Crippen molar-refractivity contribution in [3.05, 3.63) is 100.0 Å². The van der Waals surface area contributed by atoms with Crippen LogP contribution in [0.5, 0.6) is 5.75 Å². The van der Waals surface area contributed by atoms with E-state index < -0.39 is 5.97 Å². The Morgan fingerprint density at radius 2 is 1.46 bits per heavy atom. The lowest BCUT2D eigenvalue weighted by atomic mass is 10.1. The van der Waals surface area contributed by atoms with Crippen LogP contribution in [0.2, 0.25) is 0 Å². The third kappa shape index (κ3) is 3.30. The monoisotopic (exact) mass is 370 g/mol.